The van der Waals surface area contributed by atoms with Crippen molar-refractivity contribution in [2.24, 2.45) is 0 Å². The first-order chi connectivity index (χ1) is 13.7. The van der Waals surface area contributed by atoms with E-state index in [1.165, 1.54) is 23.5 Å². The number of piperazine rings is 1. The summed E-state index contributed by atoms with van der Waals surface area (Å²) in [6.07, 6.45) is 1.30. The molecule has 0 bridgehead atoms. The van der Waals surface area contributed by atoms with Crippen LogP contribution in [0.3, 0.4) is 0 Å². The molecule has 0 N–H and O–H groups in total. The summed E-state index contributed by atoms with van der Waals surface area (Å²) in [7, 11) is 1.69. The predicted octanol–water partition coefficient (Wildman–Crippen LogP) is 4.53. The highest BCUT2D eigenvalue weighted by Crippen LogP contribution is 2.43. The Balaban J connectivity index is 1.35. The minimum Gasteiger partial charge on any atom is -0.497 e. The number of hydrogen-bond acceptors (Lipinski definition) is 5. The zero-order valence-electron chi connectivity index (χ0n) is 16.2. The Kier molecular flexibility index (Phi) is 6.37. The molecule has 2 aromatic carbocycles. The molecular weight excluding hydrogens is 388 g/mol. The highest BCUT2D eigenvalue weighted by Gasteiger charge is 2.23. The minimum absolute atomic E-state index is 0.140. The highest BCUT2D eigenvalue weighted by atomic mass is 32.2. The fourth-order valence-electron chi connectivity index (χ4n) is 3.62. The van der Waals surface area contributed by atoms with Gasteiger partial charge in [0.15, 0.2) is 0 Å². The van der Waals surface area contributed by atoms with Gasteiger partial charge in [-0.3, -0.25) is 4.79 Å². The second kappa shape index (κ2) is 9.14. The third kappa shape index (κ3) is 4.44. The summed E-state index contributed by atoms with van der Waals surface area (Å²) in [6.45, 7) is 3.16. The van der Waals surface area contributed by atoms with Crippen LogP contribution in [0.5, 0.6) is 5.75 Å². The smallest absolute Gasteiger partial charge is 0.253 e. The van der Waals surface area contributed by atoms with E-state index in [2.05, 4.69) is 29.2 Å². The molecule has 4 nitrogen and oxygen atoms in total. The van der Waals surface area contributed by atoms with Gasteiger partial charge in [0, 0.05) is 43.5 Å². The fourth-order valence-corrected chi connectivity index (χ4v) is 6.51. The van der Waals surface area contributed by atoms with Crippen molar-refractivity contribution in [3.8, 4) is 5.75 Å². The molecule has 0 aliphatic carbocycles. The van der Waals surface area contributed by atoms with Crippen LogP contribution >= 0.6 is 23.5 Å². The molecular formula is C22H26N2O2S2. The Labute approximate surface area is 175 Å². The average molecular weight is 415 g/mol. The van der Waals surface area contributed by atoms with Crippen molar-refractivity contribution in [1.29, 1.82) is 0 Å². The molecule has 0 spiro atoms. The summed E-state index contributed by atoms with van der Waals surface area (Å²) in [4.78, 5) is 17.2. The average Bonchev–Trinajstić information content (AvgIpc) is 2.79. The minimum atomic E-state index is 0.140. The Morgan fingerprint density at radius 3 is 2.39 bits per heavy atom. The van der Waals surface area contributed by atoms with Gasteiger partial charge in [0.1, 0.15) is 5.75 Å². The Morgan fingerprint density at radius 2 is 1.71 bits per heavy atom. The number of carbonyl (C=O) groups is 1. The van der Waals surface area contributed by atoms with E-state index in [-0.39, 0.29) is 5.91 Å². The van der Waals surface area contributed by atoms with Gasteiger partial charge in [0.05, 0.1) is 11.7 Å². The molecule has 2 aliphatic rings. The molecule has 28 heavy (non-hydrogen) atoms. The van der Waals surface area contributed by atoms with Gasteiger partial charge >= 0.3 is 0 Å². The van der Waals surface area contributed by atoms with E-state index in [0.29, 0.717) is 4.58 Å². The standard InChI is InChI=1S/C22H26N2O2S2/c1-26-20-5-2-4-19(16-20)23-10-12-24(13-11-23)21(25)17-6-8-18(9-7-17)22-27-14-3-15-28-22/h2,4-9,16,22H,3,10-15H2,1H3. The Morgan fingerprint density at radius 1 is 1.00 bits per heavy atom. The topological polar surface area (TPSA) is 32.8 Å². The van der Waals surface area contributed by atoms with Gasteiger partial charge in [-0.25, -0.2) is 0 Å². The van der Waals surface area contributed by atoms with Crippen LogP contribution in [0.4, 0.5) is 5.69 Å². The van der Waals surface area contributed by atoms with Crippen LogP contribution in [0.1, 0.15) is 26.9 Å². The first-order valence-corrected chi connectivity index (χ1v) is 11.9. The van der Waals surface area contributed by atoms with Gasteiger partial charge in [-0.05, 0) is 47.8 Å². The maximum Gasteiger partial charge on any atom is 0.253 e. The largest absolute Gasteiger partial charge is 0.497 e. The second-order valence-corrected chi connectivity index (χ2v) is 9.75. The summed E-state index contributed by atoms with van der Waals surface area (Å²) >= 11 is 4.02. The number of anilines is 1. The lowest BCUT2D eigenvalue weighted by molar-refractivity contribution is 0.0747. The van der Waals surface area contributed by atoms with Gasteiger partial charge in [-0.2, -0.15) is 0 Å². The van der Waals surface area contributed by atoms with Crippen molar-refractivity contribution in [3.63, 3.8) is 0 Å². The molecule has 2 heterocycles. The molecule has 0 saturated carbocycles. The number of rotatable bonds is 4. The molecule has 0 unspecified atom stereocenters. The first-order valence-electron chi connectivity index (χ1n) is 9.76. The summed E-state index contributed by atoms with van der Waals surface area (Å²) in [5.74, 6) is 3.47. The lowest BCUT2D eigenvalue weighted by Crippen LogP contribution is -2.48. The quantitative estimate of drug-likeness (QED) is 0.734. The SMILES string of the molecule is COc1cccc(N2CCN(C(=O)c3ccc(C4SCCCS4)cc3)CC2)c1. The van der Waals surface area contributed by atoms with Crippen LogP contribution < -0.4 is 9.64 Å². The summed E-state index contributed by atoms with van der Waals surface area (Å²) in [5.41, 5.74) is 3.27. The van der Waals surface area contributed by atoms with E-state index in [4.69, 9.17) is 4.74 Å². The molecule has 4 rings (SSSR count). The third-order valence-electron chi connectivity index (χ3n) is 5.24. The lowest BCUT2D eigenvalue weighted by atomic mass is 10.1. The zero-order chi connectivity index (χ0) is 19.3. The number of hydrogen-bond donors (Lipinski definition) is 0. The maximum absolute atomic E-state index is 12.9. The van der Waals surface area contributed by atoms with Crippen LogP contribution in [-0.4, -0.2) is 55.6 Å². The molecule has 0 radical (unpaired) electrons. The van der Waals surface area contributed by atoms with Crippen molar-refractivity contribution in [3.05, 3.63) is 59.7 Å². The molecule has 2 aliphatic heterocycles. The van der Waals surface area contributed by atoms with Crippen molar-refractivity contribution in [1.82, 2.24) is 4.90 Å². The van der Waals surface area contributed by atoms with E-state index in [9.17, 15) is 4.79 Å². The Hall–Kier alpha value is -1.79. The van der Waals surface area contributed by atoms with Crippen molar-refractivity contribution >= 4 is 35.1 Å². The van der Waals surface area contributed by atoms with Gasteiger partial charge in [-0.15, -0.1) is 23.5 Å². The highest BCUT2D eigenvalue weighted by molar-refractivity contribution is 8.16. The van der Waals surface area contributed by atoms with Crippen LogP contribution in [0.2, 0.25) is 0 Å². The van der Waals surface area contributed by atoms with Crippen LogP contribution in [0.15, 0.2) is 48.5 Å². The third-order valence-corrected chi connectivity index (χ3v) is 8.26. The molecule has 6 heteroatoms. The zero-order valence-corrected chi connectivity index (χ0v) is 17.8. The van der Waals surface area contributed by atoms with E-state index in [1.54, 1.807) is 7.11 Å². The predicted molar refractivity (Wildman–Crippen MR) is 120 cm³/mol. The number of methoxy groups -OCH3 is 1. The monoisotopic (exact) mass is 414 g/mol. The molecule has 2 saturated heterocycles. The second-order valence-electron chi connectivity index (χ2n) is 7.03. The number of thioether (sulfide) groups is 2. The van der Waals surface area contributed by atoms with E-state index < -0.39 is 0 Å². The van der Waals surface area contributed by atoms with Crippen LogP contribution in [0.25, 0.3) is 0 Å². The number of benzene rings is 2. The van der Waals surface area contributed by atoms with Crippen molar-refractivity contribution in [2.45, 2.75) is 11.0 Å². The molecule has 0 atom stereocenters. The van der Waals surface area contributed by atoms with Crippen LogP contribution in [0, 0.1) is 0 Å². The summed E-state index contributed by atoms with van der Waals surface area (Å²) in [6, 6.07) is 16.4. The fraction of sp³-hybridized carbons (Fsp3) is 0.409. The summed E-state index contributed by atoms with van der Waals surface area (Å²) < 4.78 is 5.84. The molecule has 148 valence electrons. The normalized spacial score (nSPS) is 18.2. The van der Waals surface area contributed by atoms with E-state index >= 15 is 0 Å². The molecule has 2 aromatic rings. The number of nitrogens with zero attached hydrogens (tertiary/aromatic N) is 2. The summed E-state index contributed by atoms with van der Waals surface area (Å²) in [5, 5.41) is 0. The van der Waals surface area contributed by atoms with Gasteiger partial charge in [-0.1, -0.05) is 18.2 Å². The Bertz CT molecular complexity index is 798. The molecule has 0 aromatic heterocycles. The first kappa shape index (κ1) is 19.5. The molecule has 1 amide bonds. The lowest BCUT2D eigenvalue weighted by Gasteiger charge is -2.36. The van der Waals surface area contributed by atoms with Crippen LogP contribution in [-0.2, 0) is 0 Å². The van der Waals surface area contributed by atoms with Gasteiger partial charge in [0.25, 0.3) is 5.91 Å². The number of carbonyl (C=O) groups excluding carboxylic acids is 1. The number of ether oxygens (including phenoxy) is 1. The van der Waals surface area contributed by atoms with Gasteiger partial charge < -0.3 is 14.5 Å². The number of amides is 1. The van der Waals surface area contributed by atoms with E-state index in [0.717, 1.165) is 43.2 Å². The van der Waals surface area contributed by atoms with Gasteiger partial charge in [0.2, 0.25) is 0 Å². The maximum atomic E-state index is 12.9. The van der Waals surface area contributed by atoms with Crippen molar-refractivity contribution in [2.75, 3.05) is 49.7 Å². The molecule has 2 fully saturated rings. The van der Waals surface area contributed by atoms with E-state index in [1.807, 2.05) is 52.7 Å². The van der Waals surface area contributed by atoms with Crippen molar-refractivity contribution < 1.29 is 9.53 Å².